The molecule has 1 heterocycles. The summed E-state index contributed by atoms with van der Waals surface area (Å²) < 4.78 is 10.5. The van der Waals surface area contributed by atoms with Crippen molar-refractivity contribution in [1.29, 1.82) is 0 Å². The van der Waals surface area contributed by atoms with Gasteiger partial charge in [-0.2, -0.15) is 0 Å². The summed E-state index contributed by atoms with van der Waals surface area (Å²) in [6, 6.07) is 0. The van der Waals surface area contributed by atoms with E-state index in [4.69, 9.17) is 9.47 Å². The molecular weight excluding hydrogens is 200 g/mol. The molecule has 90 valence electrons. The van der Waals surface area contributed by atoms with Crippen molar-refractivity contribution in [1.82, 2.24) is 0 Å². The van der Waals surface area contributed by atoms with Crippen molar-refractivity contribution in [3.05, 3.63) is 0 Å². The molecule has 0 aromatic rings. The predicted octanol–water partition coefficient (Wildman–Crippen LogP) is -0.369. The first-order valence-electron chi connectivity index (χ1n) is 5.39. The van der Waals surface area contributed by atoms with Crippen molar-refractivity contribution in [2.75, 3.05) is 6.61 Å². The number of rotatable bonds is 4. The minimum atomic E-state index is -1.21. The second-order valence-corrected chi connectivity index (χ2v) is 3.91. The number of hydrogen-bond acceptors (Lipinski definition) is 5. The molecule has 0 aliphatic carbocycles. The van der Waals surface area contributed by atoms with Crippen LogP contribution in [0.2, 0.25) is 0 Å². The van der Waals surface area contributed by atoms with Gasteiger partial charge in [0.05, 0.1) is 6.10 Å². The standard InChI is InChI=1S/C10H20O5/c1-3-4-5-14-10-9(13)8(12)7(11)6(2)15-10/h6-13H,3-5H2,1-2H3. The topological polar surface area (TPSA) is 79.2 Å². The van der Waals surface area contributed by atoms with E-state index in [1.165, 1.54) is 0 Å². The maximum Gasteiger partial charge on any atom is 0.186 e. The average Bonchev–Trinajstić information content (AvgIpc) is 2.23. The highest BCUT2D eigenvalue weighted by molar-refractivity contribution is 4.87. The Morgan fingerprint density at radius 3 is 2.40 bits per heavy atom. The minimum Gasteiger partial charge on any atom is -0.388 e. The van der Waals surface area contributed by atoms with E-state index < -0.39 is 30.7 Å². The summed E-state index contributed by atoms with van der Waals surface area (Å²) in [5.41, 5.74) is 0. The zero-order chi connectivity index (χ0) is 11.4. The fraction of sp³-hybridized carbons (Fsp3) is 1.00. The lowest BCUT2D eigenvalue weighted by molar-refractivity contribution is -0.293. The molecule has 1 fully saturated rings. The molecule has 0 aromatic carbocycles. The Morgan fingerprint density at radius 1 is 1.13 bits per heavy atom. The molecule has 1 rings (SSSR count). The van der Waals surface area contributed by atoms with Gasteiger partial charge in [-0.1, -0.05) is 13.3 Å². The fourth-order valence-corrected chi connectivity index (χ4v) is 1.49. The van der Waals surface area contributed by atoms with Crippen LogP contribution in [0.25, 0.3) is 0 Å². The van der Waals surface area contributed by atoms with Crippen LogP contribution in [-0.2, 0) is 9.47 Å². The molecular formula is C10H20O5. The molecule has 1 saturated heterocycles. The molecule has 0 amide bonds. The van der Waals surface area contributed by atoms with Crippen LogP contribution in [0.5, 0.6) is 0 Å². The largest absolute Gasteiger partial charge is 0.388 e. The van der Waals surface area contributed by atoms with Crippen LogP contribution < -0.4 is 0 Å². The Labute approximate surface area is 89.6 Å². The first kappa shape index (κ1) is 12.9. The van der Waals surface area contributed by atoms with Crippen LogP contribution >= 0.6 is 0 Å². The van der Waals surface area contributed by atoms with Crippen LogP contribution in [-0.4, -0.2) is 52.6 Å². The maximum atomic E-state index is 9.56. The second-order valence-electron chi connectivity index (χ2n) is 3.91. The number of hydrogen-bond donors (Lipinski definition) is 3. The van der Waals surface area contributed by atoms with Gasteiger partial charge in [-0.05, 0) is 13.3 Å². The number of ether oxygens (including phenoxy) is 2. The van der Waals surface area contributed by atoms with Crippen molar-refractivity contribution < 1.29 is 24.8 Å². The molecule has 0 bridgehead atoms. The maximum absolute atomic E-state index is 9.56. The Bertz CT molecular complexity index is 187. The summed E-state index contributed by atoms with van der Waals surface area (Å²) in [7, 11) is 0. The van der Waals surface area contributed by atoms with Crippen LogP contribution in [0.4, 0.5) is 0 Å². The van der Waals surface area contributed by atoms with Crippen LogP contribution in [0.15, 0.2) is 0 Å². The van der Waals surface area contributed by atoms with Gasteiger partial charge in [-0.3, -0.25) is 0 Å². The smallest absolute Gasteiger partial charge is 0.186 e. The molecule has 5 atom stereocenters. The van der Waals surface area contributed by atoms with E-state index in [9.17, 15) is 15.3 Å². The molecule has 3 N–H and O–H groups in total. The quantitative estimate of drug-likeness (QED) is 0.563. The van der Waals surface area contributed by atoms with Gasteiger partial charge in [-0.25, -0.2) is 0 Å². The van der Waals surface area contributed by atoms with Gasteiger partial charge in [0.2, 0.25) is 0 Å². The summed E-state index contributed by atoms with van der Waals surface area (Å²) in [5, 5.41) is 28.5. The molecule has 5 heteroatoms. The Kier molecular flexibility index (Phi) is 4.95. The second kappa shape index (κ2) is 5.77. The van der Waals surface area contributed by atoms with Gasteiger partial charge in [-0.15, -0.1) is 0 Å². The lowest BCUT2D eigenvalue weighted by Gasteiger charge is -2.38. The van der Waals surface area contributed by atoms with Gasteiger partial charge in [0.15, 0.2) is 6.29 Å². The Morgan fingerprint density at radius 2 is 1.80 bits per heavy atom. The molecule has 5 nitrogen and oxygen atoms in total. The van der Waals surface area contributed by atoms with Gasteiger partial charge in [0.1, 0.15) is 18.3 Å². The van der Waals surface area contributed by atoms with Gasteiger partial charge >= 0.3 is 0 Å². The highest BCUT2D eigenvalue weighted by atomic mass is 16.7. The molecule has 1 aliphatic rings. The number of unbranched alkanes of at least 4 members (excludes halogenated alkanes) is 1. The average molecular weight is 220 g/mol. The molecule has 1 aliphatic heterocycles. The van der Waals surface area contributed by atoms with Crippen molar-refractivity contribution in [2.24, 2.45) is 0 Å². The lowest BCUT2D eigenvalue weighted by atomic mass is 10.0. The van der Waals surface area contributed by atoms with E-state index in [1.54, 1.807) is 6.92 Å². The van der Waals surface area contributed by atoms with Crippen LogP contribution in [0, 0.1) is 0 Å². The van der Waals surface area contributed by atoms with Gasteiger partial charge in [0.25, 0.3) is 0 Å². The van der Waals surface area contributed by atoms with Crippen molar-refractivity contribution in [2.45, 2.75) is 57.4 Å². The van der Waals surface area contributed by atoms with E-state index in [2.05, 4.69) is 0 Å². The number of aliphatic hydroxyl groups is 3. The molecule has 0 saturated carbocycles. The highest BCUT2D eigenvalue weighted by Gasteiger charge is 2.42. The Balaban J connectivity index is 2.43. The van der Waals surface area contributed by atoms with E-state index in [0.29, 0.717) is 6.61 Å². The monoisotopic (exact) mass is 220 g/mol. The molecule has 0 aromatic heterocycles. The SMILES string of the molecule is CCCCOC1OC(C)C(O)C(O)C1O. The summed E-state index contributed by atoms with van der Waals surface area (Å²) in [6.07, 6.45) is -2.97. The van der Waals surface area contributed by atoms with Crippen molar-refractivity contribution in [3.63, 3.8) is 0 Å². The number of aliphatic hydroxyl groups excluding tert-OH is 3. The third-order valence-corrected chi connectivity index (χ3v) is 2.59. The summed E-state index contributed by atoms with van der Waals surface area (Å²) in [6.45, 7) is 4.15. The summed E-state index contributed by atoms with van der Waals surface area (Å²) in [5.74, 6) is 0. The first-order chi connectivity index (χ1) is 7.07. The molecule has 5 unspecified atom stereocenters. The minimum absolute atomic E-state index is 0.480. The predicted molar refractivity (Wildman–Crippen MR) is 53.2 cm³/mol. The zero-order valence-electron chi connectivity index (χ0n) is 9.17. The van der Waals surface area contributed by atoms with Crippen molar-refractivity contribution in [3.8, 4) is 0 Å². The Hall–Kier alpha value is -0.200. The van der Waals surface area contributed by atoms with Gasteiger partial charge in [0, 0.05) is 6.61 Å². The highest BCUT2D eigenvalue weighted by Crippen LogP contribution is 2.21. The summed E-state index contributed by atoms with van der Waals surface area (Å²) >= 11 is 0. The molecule has 0 spiro atoms. The van der Waals surface area contributed by atoms with Gasteiger partial charge < -0.3 is 24.8 Å². The van der Waals surface area contributed by atoms with E-state index in [-0.39, 0.29) is 0 Å². The van der Waals surface area contributed by atoms with Crippen molar-refractivity contribution >= 4 is 0 Å². The van der Waals surface area contributed by atoms with E-state index in [0.717, 1.165) is 12.8 Å². The first-order valence-corrected chi connectivity index (χ1v) is 5.39. The molecule has 15 heavy (non-hydrogen) atoms. The fourth-order valence-electron chi connectivity index (χ4n) is 1.49. The van der Waals surface area contributed by atoms with E-state index >= 15 is 0 Å². The normalized spacial score (nSPS) is 41.8. The zero-order valence-corrected chi connectivity index (χ0v) is 9.17. The van der Waals surface area contributed by atoms with Crippen LogP contribution in [0.1, 0.15) is 26.7 Å². The van der Waals surface area contributed by atoms with Crippen LogP contribution in [0.3, 0.4) is 0 Å². The summed E-state index contributed by atoms with van der Waals surface area (Å²) in [4.78, 5) is 0. The third kappa shape index (κ3) is 3.12. The molecule has 0 radical (unpaired) electrons. The lowest BCUT2D eigenvalue weighted by Crippen LogP contribution is -2.57. The van der Waals surface area contributed by atoms with E-state index in [1.807, 2.05) is 6.92 Å². The third-order valence-electron chi connectivity index (χ3n) is 2.59.